The van der Waals surface area contributed by atoms with E-state index in [1.807, 2.05) is 52.0 Å². The second-order valence-electron chi connectivity index (χ2n) is 7.73. The van der Waals surface area contributed by atoms with E-state index in [0.717, 1.165) is 17.1 Å². The lowest BCUT2D eigenvalue weighted by molar-refractivity contribution is -0.123. The van der Waals surface area contributed by atoms with E-state index < -0.39 is 17.5 Å². The third-order valence-corrected chi connectivity index (χ3v) is 4.62. The topological polar surface area (TPSA) is 88.1 Å². The third kappa shape index (κ3) is 5.03. The Morgan fingerprint density at radius 1 is 1.14 bits per heavy atom. The molecule has 0 unspecified atom stereocenters. The highest BCUT2D eigenvalue weighted by atomic mass is 32.1. The number of hydrogen-bond acceptors (Lipinski definition) is 6. The van der Waals surface area contributed by atoms with E-state index in [1.54, 1.807) is 29.9 Å². The predicted molar refractivity (Wildman–Crippen MR) is 113 cm³/mol. The summed E-state index contributed by atoms with van der Waals surface area (Å²) in [6, 6.07) is 10.1. The van der Waals surface area contributed by atoms with Crippen LogP contribution in [0.5, 0.6) is 0 Å². The number of aryl methyl sites for hydroxylation is 1. The lowest BCUT2D eigenvalue weighted by atomic mass is 10.0. The largest absolute Gasteiger partial charge is 0.349 e. The fourth-order valence-corrected chi connectivity index (χ4v) is 3.29. The molecule has 3 rings (SSSR count). The van der Waals surface area contributed by atoms with Crippen LogP contribution in [0.2, 0.25) is 0 Å². The van der Waals surface area contributed by atoms with E-state index in [4.69, 9.17) is 0 Å². The molecule has 2 aromatic heterocycles. The van der Waals surface area contributed by atoms with Crippen LogP contribution >= 0.6 is 11.5 Å². The third-order valence-electron chi connectivity index (χ3n) is 4.11. The van der Waals surface area contributed by atoms with E-state index in [0.29, 0.717) is 11.3 Å². The van der Waals surface area contributed by atoms with Gasteiger partial charge in [0.05, 0.1) is 0 Å². The average molecular weight is 410 g/mol. The Morgan fingerprint density at radius 3 is 2.41 bits per heavy atom. The van der Waals surface area contributed by atoms with Gasteiger partial charge in [-0.3, -0.25) is 19.5 Å². The summed E-state index contributed by atoms with van der Waals surface area (Å²) >= 11 is 1.09. The van der Waals surface area contributed by atoms with Gasteiger partial charge in [0, 0.05) is 34.6 Å². The molecule has 0 radical (unpaired) electrons. The number of rotatable bonds is 5. The van der Waals surface area contributed by atoms with Crippen LogP contribution in [0.3, 0.4) is 0 Å². The zero-order valence-electron chi connectivity index (χ0n) is 16.8. The van der Waals surface area contributed by atoms with Crippen LogP contribution in [0.1, 0.15) is 48.4 Å². The molecular weight excluding hydrogens is 386 g/mol. The van der Waals surface area contributed by atoms with E-state index >= 15 is 0 Å². The molecule has 2 amide bonds. The number of carbonyl (C=O) groups is 2. The minimum atomic E-state index is -0.917. The summed E-state index contributed by atoms with van der Waals surface area (Å²) in [7, 11) is 0. The Balaban J connectivity index is 2.15. The summed E-state index contributed by atoms with van der Waals surface area (Å²) in [6.07, 6.45) is 3.23. The molecule has 2 heterocycles. The SMILES string of the molecule is Cc1ccc(N(C(=O)c2csnn2)[C@@H](C(=O)NC(C)(C)C)c2cccnc2)cc1. The van der Waals surface area contributed by atoms with Crippen molar-refractivity contribution in [1.29, 1.82) is 0 Å². The fraction of sp³-hybridized carbons (Fsp3) is 0.286. The summed E-state index contributed by atoms with van der Waals surface area (Å²) < 4.78 is 3.80. The maximum Gasteiger partial charge on any atom is 0.280 e. The number of hydrogen-bond donors (Lipinski definition) is 1. The zero-order chi connectivity index (χ0) is 21.0. The molecule has 0 saturated carbocycles. The van der Waals surface area contributed by atoms with Gasteiger partial charge in [0.15, 0.2) is 5.69 Å². The molecule has 29 heavy (non-hydrogen) atoms. The molecule has 8 heteroatoms. The molecule has 1 aromatic carbocycles. The Labute approximate surface area is 174 Å². The molecule has 0 saturated heterocycles. The average Bonchev–Trinajstić information content (AvgIpc) is 3.20. The summed E-state index contributed by atoms with van der Waals surface area (Å²) in [5, 5.41) is 8.48. The lowest BCUT2D eigenvalue weighted by Gasteiger charge is -2.33. The Kier molecular flexibility index (Phi) is 6.03. The standard InChI is InChI=1S/C21H23N5O2S/c1-14-7-9-16(10-8-14)26(20(28)17-13-29-25-24-17)18(15-6-5-11-22-12-15)19(27)23-21(2,3)4/h5-13,18H,1-4H3,(H,23,27)/t18-/m1/s1. The van der Waals surface area contributed by atoms with Crippen molar-refractivity contribution in [3.63, 3.8) is 0 Å². The molecule has 7 nitrogen and oxygen atoms in total. The first kappa shape index (κ1) is 20.6. The van der Waals surface area contributed by atoms with Gasteiger partial charge >= 0.3 is 0 Å². The maximum absolute atomic E-state index is 13.4. The molecule has 3 aromatic rings. The molecule has 0 spiro atoms. The fourth-order valence-electron chi connectivity index (χ4n) is 2.86. The van der Waals surface area contributed by atoms with Crippen molar-refractivity contribution in [1.82, 2.24) is 19.9 Å². The van der Waals surface area contributed by atoms with Crippen molar-refractivity contribution in [2.24, 2.45) is 0 Å². The summed E-state index contributed by atoms with van der Waals surface area (Å²) in [5.74, 6) is -0.705. The zero-order valence-corrected chi connectivity index (χ0v) is 17.6. The molecule has 1 N–H and O–H groups in total. The van der Waals surface area contributed by atoms with Gasteiger partial charge in [0.1, 0.15) is 6.04 Å². The molecule has 150 valence electrons. The van der Waals surface area contributed by atoms with Crippen molar-refractivity contribution >= 4 is 29.0 Å². The van der Waals surface area contributed by atoms with Gasteiger partial charge in [-0.1, -0.05) is 28.3 Å². The minimum Gasteiger partial charge on any atom is -0.349 e. The minimum absolute atomic E-state index is 0.188. The van der Waals surface area contributed by atoms with Crippen LogP contribution in [0.25, 0.3) is 0 Å². The monoisotopic (exact) mass is 409 g/mol. The van der Waals surface area contributed by atoms with Crippen molar-refractivity contribution in [3.8, 4) is 0 Å². The molecule has 0 aliphatic heterocycles. The molecule has 0 bridgehead atoms. The second kappa shape index (κ2) is 8.48. The quantitative estimate of drug-likeness (QED) is 0.696. The van der Waals surface area contributed by atoms with Gasteiger partial charge in [-0.2, -0.15) is 0 Å². The second-order valence-corrected chi connectivity index (χ2v) is 8.34. The number of pyridine rings is 1. The Bertz CT molecular complexity index is 967. The molecule has 0 aliphatic rings. The van der Waals surface area contributed by atoms with E-state index in [9.17, 15) is 9.59 Å². The molecular formula is C21H23N5O2S. The van der Waals surface area contributed by atoms with Crippen LogP contribution in [0.4, 0.5) is 5.69 Å². The van der Waals surface area contributed by atoms with Gasteiger partial charge < -0.3 is 5.32 Å². The number of aromatic nitrogens is 3. The van der Waals surface area contributed by atoms with E-state index in [1.165, 1.54) is 4.90 Å². The first-order chi connectivity index (χ1) is 13.8. The number of carbonyl (C=O) groups excluding carboxylic acids is 2. The van der Waals surface area contributed by atoms with Gasteiger partial charge in [0.25, 0.3) is 5.91 Å². The highest BCUT2D eigenvalue weighted by Crippen LogP contribution is 2.30. The number of anilines is 1. The van der Waals surface area contributed by atoms with Crippen LogP contribution in [0, 0.1) is 6.92 Å². The van der Waals surface area contributed by atoms with Crippen molar-refractivity contribution < 1.29 is 9.59 Å². The number of nitrogens with zero attached hydrogens (tertiary/aromatic N) is 4. The first-order valence-corrected chi connectivity index (χ1v) is 9.99. The molecule has 0 fully saturated rings. The van der Waals surface area contributed by atoms with Crippen molar-refractivity contribution in [2.75, 3.05) is 4.90 Å². The lowest BCUT2D eigenvalue weighted by Crippen LogP contribution is -2.49. The van der Waals surface area contributed by atoms with Crippen molar-refractivity contribution in [2.45, 2.75) is 39.3 Å². The first-order valence-electron chi connectivity index (χ1n) is 9.15. The molecule has 0 aliphatic carbocycles. The number of amides is 2. The summed E-state index contributed by atoms with van der Waals surface area (Å²) in [5.41, 5.74) is 1.96. The van der Waals surface area contributed by atoms with Crippen LogP contribution < -0.4 is 10.2 Å². The van der Waals surface area contributed by atoms with Crippen LogP contribution in [-0.2, 0) is 4.79 Å². The van der Waals surface area contributed by atoms with Gasteiger partial charge in [-0.25, -0.2) is 0 Å². The predicted octanol–water partition coefficient (Wildman–Crippen LogP) is 3.54. The Hall–Kier alpha value is -3.13. The van der Waals surface area contributed by atoms with Gasteiger partial charge in [-0.15, -0.1) is 5.10 Å². The van der Waals surface area contributed by atoms with E-state index in [2.05, 4.69) is 19.9 Å². The summed E-state index contributed by atoms with van der Waals surface area (Å²) in [6.45, 7) is 7.65. The number of nitrogens with one attached hydrogen (secondary N) is 1. The maximum atomic E-state index is 13.4. The molecule has 1 atom stereocenters. The van der Waals surface area contributed by atoms with E-state index in [-0.39, 0.29) is 11.6 Å². The Morgan fingerprint density at radius 2 is 1.86 bits per heavy atom. The van der Waals surface area contributed by atoms with Crippen LogP contribution in [-0.4, -0.2) is 31.9 Å². The smallest absolute Gasteiger partial charge is 0.280 e. The highest BCUT2D eigenvalue weighted by molar-refractivity contribution is 7.03. The number of benzene rings is 1. The van der Waals surface area contributed by atoms with Crippen LogP contribution in [0.15, 0.2) is 54.2 Å². The normalized spacial score (nSPS) is 12.3. The van der Waals surface area contributed by atoms with Gasteiger partial charge in [0.2, 0.25) is 5.91 Å². The van der Waals surface area contributed by atoms with Crippen molar-refractivity contribution in [3.05, 3.63) is 71.0 Å². The van der Waals surface area contributed by atoms with Gasteiger partial charge in [-0.05, 0) is 57.4 Å². The highest BCUT2D eigenvalue weighted by Gasteiger charge is 2.35. The summed E-state index contributed by atoms with van der Waals surface area (Å²) in [4.78, 5) is 32.4.